The van der Waals surface area contributed by atoms with Gasteiger partial charge in [-0.05, 0) is 67.3 Å². The summed E-state index contributed by atoms with van der Waals surface area (Å²) in [7, 11) is 5.75. The second-order valence-electron chi connectivity index (χ2n) is 7.28. The Labute approximate surface area is 189 Å². The van der Waals surface area contributed by atoms with E-state index >= 15 is 0 Å². The third-order valence-electron chi connectivity index (χ3n) is 4.90. The van der Waals surface area contributed by atoms with Crippen LogP contribution < -0.4 is 5.32 Å². The molecule has 0 aliphatic carbocycles. The number of halogens is 2. The predicted molar refractivity (Wildman–Crippen MR) is 124 cm³/mol. The Morgan fingerprint density at radius 2 is 1.97 bits per heavy atom. The second kappa shape index (κ2) is 9.29. The molecule has 1 heterocycles. The number of anilines is 1. The molecule has 0 saturated carbocycles. The molecule has 6 nitrogen and oxygen atoms in total. The zero-order chi connectivity index (χ0) is 22.0. The van der Waals surface area contributed by atoms with Crippen LogP contribution >= 0.6 is 27.5 Å². The third kappa shape index (κ3) is 4.43. The quantitative estimate of drug-likeness (QED) is 0.445. The van der Waals surface area contributed by atoms with Crippen molar-refractivity contribution in [3.05, 3.63) is 56.6 Å². The van der Waals surface area contributed by atoms with Crippen LogP contribution in [0, 0.1) is 0 Å². The van der Waals surface area contributed by atoms with E-state index in [0.717, 1.165) is 16.9 Å². The number of benzene rings is 2. The average Bonchev–Trinajstić information content (AvgIpc) is 2.96. The number of ether oxygens (including phenoxy) is 1. The van der Waals surface area contributed by atoms with E-state index in [1.54, 1.807) is 6.92 Å². The first-order chi connectivity index (χ1) is 14.2. The van der Waals surface area contributed by atoms with Crippen molar-refractivity contribution >= 4 is 50.1 Å². The summed E-state index contributed by atoms with van der Waals surface area (Å²) in [5.41, 5.74) is 3.65. The molecule has 2 N–H and O–H groups in total. The SMILES string of the molecule is CCOC(=O)c1c(CNc2ccc(Cl)cc2)n(C)c2cc(Br)c(O)c(CN(C)C)c12. The first-order valence-electron chi connectivity index (χ1n) is 9.57. The molecule has 2 aromatic carbocycles. The van der Waals surface area contributed by atoms with Crippen molar-refractivity contribution in [1.29, 1.82) is 0 Å². The zero-order valence-corrected chi connectivity index (χ0v) is 19.8. The summed E-state index contributed by atoms with van der Waals surface area (Å²) in [5.74, 6) is -0.276. The molecule has 160 valence electrons. The number of aromatic nitrogens is 1. The van der Waals surface area contributed by atoms with Gasteiger partial charge < -0.3 is 24.6 Å². The maximum absolute atomic E-state index is 13.0. The van der Waals surface area contributed by atoms with Crippen molar-refractivity contribution in [1.82, 2.24) is 9.47 Å². The summed E-state index contributed by atoms with van der Waals surface area (Å²) in [4.78, 5) is 14.9. The minimum absolute atomic E-state index is 0.129. The van der Waals surface area contributed by atoms with Crippen LogP contribution in [0.5, 0.6) is 5.75 Å². The smallest absolute Gasteiger partial charge is 0.340 e. The van der Waals surface area contributed by atoms with Crippen molar-refractivity contribution in [2.45, 2.75) is 20.0 Å². The van der Waals surface area contributed by atoms with Gasteiger partial charge >= 0.3 is 5.97 Å². The summed E-state index contributed by atoms with van der Waals surface area (Å²) >= 11 is 9.42. The molecule has 0 atom stereocenters. The van der Waals surface area contributed by atoms with Gasteiger partial charge in [0.25, 0.3) is 0 Å². The minimum atomic E-state index is -0.405. The molecule has 8 heteroatoms. The fourth-order valence-corrected chi connectivity index (χ4v) is 4.11. The summed E-state index contributed by atoms with van der Waals surface area (Å²) < 4.78 is 7.93. The highest BCUT2D eigenvalue weighted by Crippen LogP contribution is 2.40. The lowest BCUT2D eigenvalue weighted by Crippen LogP contribution is -2.14. The first-order valence-corrected chi connectivity index (χ1v) is 10.7. The maximum Gasteiger partial charge on any atom is 0.340 e. The van der Waals surface area contributed by atoms with Crippen LogP contribution in [0.4, 0.5) is 5.69 Å². The number of hydrogen-bond donors (Lipinski definition) is 2. The van der Waals surface area contributed by atoms with Gasteiger partial charge in [-0.1, -0.05) is 11.6 Å². The second-order valence-corrected chi connectivity index (χ2v) is 8.57. The molecule has 0 radical (unpaired) electrons. The Hall–Kier alpha value is -2.22. The van der Waals surface area contributed by atoms with E-state index in [0.29, 0.717) is 39.1 Å². The number of esters is 1. The summed E-state index contributed by atoms with van der Waals surface area (Å²) in [6, 6.07) is 9.21. The highest BCUT2D eigenvalue weighted by atomic mass is 79.9. The minimum Gasteiger partial charge on any atom is -0.506 e. The number of rotatable bonds is 7. The van der Waals surface area contributed by atoms with E-state index in [-0.39, 0.29) is 12.4 Å². The lowest BCUT2D eigenvalue weighted by atomic mass is 10.0. The Bertz CT molecular complexity index is 1080. The van der Waals surface area contributed by atoms with Gasteiger partial charge in [-0.3, -0.25) is 0 Å². The van der Waals surface area contributed by atoms with Crippen molar-refractivity contribution < 1.29 is 14.6 Å². The molecule has 0 bridgehead atoms. The Kier molecular flexibility index (Phi) is 6.95. The molecule has 3 aromatic rings. The number of carbonyl (C=O) groups excluding carboxylic acids is 1. The van der Waals surface area contributed by atoms with E-state index in [2.05, 4.69) is 21.2 Å². The average molecular weight is 495 g/mol. The maximum atomic E-state index is 13.0. The molecule has 0 aliphatic rings. The summed E-state index contributed by atoms with van der Waals surface area (Å²) in [6.07, 6.45) is 0. The van der Waals surface area contributed by atoms with E-state index in [9.17, 15) is 9.90 Å². The molecule has 1 aromatic heterocycles. The zero-order valence-electron chi connectivity index (χ0n) is 17.4. The molecule has 3 rings (SSSR count). The van der Waals surface area contributed by atoms with E-state index in [4.69, 9.17) is 16.3 Å². The van der Waals surface area contributed by atoms with E-state index in [1.165, 1.54) is 0 Å². The number of nitrogens with zero attached hydrogens (tertiary/aromatic N) is 2. The number of hydrogen-bond acceptors (Lipinski definition) is 5. The van der Waals surface area contributed by atoms with Crippen molar-refractivity contribution in [3.63, 3.8) is 0 Å². The number of aryl methyl sites for hydroxylation is 1. The number of carbonyl (C=O) groups is 1. The third-order valence-corrected chi connectivity index (χ3v) is 5.75. The van der Waals surface area contributed by atoms with Gasteiger partial charge in [0.2, 0.25) is 0 Å². The lowest BCUT2D eigenvalue weighted by Gasteiger charge is -2.15. The molecule has 0 amide bonds. The van der Waals surface area contributed by atoms with Crippen molar-refractivity contribution in [2.24, 2.45) is 7.05 Å². The highest BCUT2D eigenvalue weighted by Gasteiger charge is 2.27. The summed E-state index contributed by atoms with van der Waals surface area (Å²) in [5, 5.41) is 15.5. The van der Waals surface area contributed by atoms with E-state index in [1.807, 2.05) is 60.9 Å². The van der Waals surface area contributed by atoms with Crippen LogP contribution in [0.25, 0.3) is 10.9 Å². The van der Waals surface area contributed by atoms with Crippen LogP contribution in [-0.4, -0.2) is 41.2 Å². The van der Waals surface area contributed by atoms with Gasteiger partial charge in [0, 0.05) is 35.3 Å². The van der Waals surface area contributed by atoms with Crippen LogP contribution in [0.2, 0.25) is 5.02 Å². The van der Waals surface area contributed by atoms with Crippen molar-refractivity contribution in [2.75, 3.05) is 26.0 Å². The predicted octanol–water partition coefficient (Wildman–Crippen LogP) is 5.15. The van der Waals surface area contributed by atoms with Crippen molar-refractivity contribution in [3.8, 4) is 5.75 Å². The van der Waals surface area contributed by atoms with Gasteiger partial charge in [0.15, 0.2) is 0 Å². The molecule has 0 aliphatic heterocycles. The molecular formula is C22H25BrClN3O3. The monoisotopic (exact) mass is 493 g/mol. The van der Waals surface area contributed by atoms with Gasteiger partial charge in [0.05, 0.1) is 34.4 Å². The largest absolute Gasteiger partial charge is 0.506 e. The number of aromatic hydroxyl groups is 1. The van der Waals surface area contributed by atoms with Crippen LogP contribution in [0.1, 0.15) is 28.5 Å². The number of fused-ring (bicyclic) bond motifs is 1. The topological polar surface area (TPSA) is 66.7 Å². The lowest BCUT2D eigenvalue weighted by molar-refractivity contribution is 0.0527. The van der Waals surface area contributed by atoms with Crippen LogP contribution in [0.3, 0.4) is 0 Å². The highest BCUT2D eigenvalue weighted by molar-refractivity contribution is 9.10. The Morgan fingerprint density at radius 3 is 2.57 bits per heavy atom. The molecule has 30 heavy (non-hydrogen) atoms. The van der Waals surface area contributed by atoms with Gasteiger partial charge in [0.1, 0.15) is 5.75 Å². The number of phenols is 1. The molecule has 0 fully saturated rings. The van der Waals surface area contributed by atoms with Gasteiger partial charge in [-0.2, -0.15) is 0 Å². The molecular weight excluding hydrogens is 470 g/mol. The fraction of sp³-hybridized carbons (Fsp3) is 0.318. The van der Waals surface area contributed by atoms with Crippen LogP contribution in [-0.2, 0) is 24.9 Å². The summed E-state index contributed by atoms with van der Waals surface area (Å²) in [6.45, 7) is 2.93. The first kappa shape index (κ1) is 22.5. The normalized spacial score (nSPS) is 11.3. The Morgan fingerprint density at radius 1 is 1.30 bits per heavy atom. The molecule has 0 spiro atoms. The fourth-order valence-electron chi connectivity index (χ4n) is 3.53. The standard InChI is InChI=1S/C22H25BrClN3O3/c1-5-30-22(29)20-18(11-25-14-8-6-13(24)7-9-14)27(4)17-10-16(23)21(28)15(19(17)20)12-26(2)3/h6-10,25,28H,5,11-12H2,1-4H3. The number of phenolic OH excluding ortho intramolecular Hbond substituents is 1. The molecule has 0 unspecified atom stereocenters. The van der Waals surface area contributed by atoms with Gasteiger partial charge in [-0.15, -0.1) is 0 Å². The van der Waals surface area contributed by atoms with E-state index < -0.39 is 5.97 Å². The van der Waals surface area contributed by atoms with Gasteiger partial charge in [-0.25, -0.2) is 4.79 Å². The molecule has 0 saturated heterocycles. The Balaban J connectivity index is 2.19. The van der Waals surface area contributed by atoms with Crippen LogP contribution in [0.15, 0.2) is 34.8 Å². The number of nitrogens with one attached hydrogen (secondary N) is 1.